The summed E-state index contributed by atoms with van der Waals surface area (Å²) in [7, 11) is 4.48. The quantitative estimate of drug-likeness (QED) is 0.0906. The van der Waals surface area contributed by atoms with Crippen LogP contribution in [-0.2, 0) is 47.7 Å². The van der Waals surface area contributed by atoms with Crippen molar-refractivity contribution < 1.29 is 37.3 Å². The van der Waals surface area contributed by atoms with Crippen LogP contribution in [0.2, 0.25) is 16.6 Å². The van der Waals surface area contributed by atoms with Gasteiger partial charge in [0.05, 0.1) is 51.2 Å². The molecule has 3 rings (SSSR count). The van der Waals surface area contributed by atoms with E-state index >= 15 is 0 Å². The van der Waals surface area contributed by atoms with Crippen LogP contribution in [0.15, 0.2) is 69.8 Å². The molecule has 1 aliphatic rings. The molecular formula is C40H62BrNO8Si. The molecule has 1 aromatic carbocycles. The lowest BCUT2D eigenvalue weighted by Crippen LogP contribution is -2.57. The Kier molecular flexibility index (Phi) is 17.8. The molecule has 51 heavy (non-hydrogen) atoms. The van der Waals surface area contributed by atoms with E-state index in [-0.39, 0.29) is 24.4 Å². The van der Waals surface area contributed by atoms with Gasteiger partial charge in [-0.05, 0) is 52.6 Å². The SMILES string of the molecule is COc1ccc(COCc2coc(C[C@]3(OC)C[C@H](OC)C[C@H]([C@@H](/C=C(C)/C=C/[C@@H](C/C=C/Br)OC)O[Si](C(C)C)(C(C)C)C(C)C)O3)n2)cc1. The first kappa shape index (κ1) is 43.3. The van der Waals surface area contributed by atoms with Gasteiger partial charge in [-0.1, -0.05) is 99.5 Å². The maximum Gasteiger partial charge on any atom is 0.201 e. The third-order valence-electron chi connectivity index (χ3n) is 9.98. The molecule has 0 aliphatic carbocycles. The number of ether oxygens (including phenoxy) is 6. The fourth-order valence-corrected chi connectivity index (χ4v) is 13.1. The summed E-state index contributed by atoms with van der Waals surface area (Å²) in [4.78, 5) is 6.61. The predicted octanol–water partition coefficient (Wildman–Crippen LogP) is 9.86. The molecule has 0 bridgehead atoms. The molecule has 0 N–H and O–H groups in total. The number of benzene rings is 1. The predicted molar refractivity (Wildman–Crippen MR) is 209 cm³/mol. The third kappa shape index (κ3) is 12.2. The molecule has 0 radical (unpaired) electrons. The van der Waals surface area contributed by atoms with Crippen LogP contribution in [0, 0.1) is 0 Å². The summed E-state index contributed by atoms with van der Waals surface area (Å²) in [6.45, 7) is 16.7. The molecule has 2 aromatic rings. The number of aromatic nitrogens is 1. The van der Waals surface area contributed by atoms with Gasteiger partial charge in [-0.15, -0.1) is 0 Å². The van der Waals surface area contributed by atoms with Crippen LogP contribution in [0.25, 0.3) is 0 Å². The zero-order chi connectivity index (χ0) is 37.6. The van der Waals surface area contributed by atoms with Crippen molar-refractivity contribution in [2.45, 2.75) is 134 Å². The number of allylic oxidation sites excluding steroid dienone is 2. The van der Waals surface area contributed by atoms with Gasteiger partial charge in [0.15, 0.2) is 11.7 Å². The summed E-state index contributed by atoms with van der Waals surface area (Å²) in [6.07, 6.45) is 11.5. The van der Waals surface area contributed by atoms with Crippen molar-refractivity contribution in [2.75, 3.05) is 28.4 Å². The largest absolute Gasteiger partial charge is 0.497 e. The minimum atomic E-state index is -2.33. The van der Waals surface area contributed by atoms with Crippen molar-refractivity contribution in [3.63, 3.8) is 0 Å². The summed E-state index contributed by atoms with van der Waals surface area (Å²) >= 11 is 3.36. The van der Waals surface area contributed by atoms with E-state index in [1.165, 1.54) is 0 Å². The number of oxazole rings is 1. The molecule has 2 heterocycles. The number of methoxy groups -OCH3 is 4. The van der Waals surface area contributed by atoms with Gasteiger partial charge in [0, 0.05) is 34.2 Å². The Labute approximate surface area is 316 Å². The Bertz CT molecular complexity index is 1370. The molecule has 0 unspecified atom stereocenters. The van der Waals surface area contributed by atoms with Crippen molar-refractivity contribution in [3.05, 3.63) is 82.5 Å². The molecule has 0 saturated carbocycles. The van der Waals surface area contributed by atoms with Gasteiger partial charge in [-0.25, -0.2) is 4.98 Å². The fraction of sp³-hybridized carbons (Fsp3) is 0.625. The van der Waals surface area contributed by atoms with Crippen LogP contribution >= 0.6 is 15.9 Å². The second-order valence-electron chi connectivity index (χ2n) is 14.4. The highest BCUT2D eigenvalue weighted by atomic mass is 79.9. The van der Waals surface area contributed by atoms with E-state index in [2.05, 4.69) is 82.6 Å². The molecule has 1 aromatic heterocycles. The maximum atomic E-state index is 7.49. The lowest BCUT2D eigenvalue weighted by atomic mass is 9.92. The van der Waals surface area contributed by atoms with Gasteiger partial charge in [0.1, 0.15) is 17.7 Å². The van der Waals surface area contributed by atoms with Crippen LogP contribution < -0.4 is 4.74 Å². The summed E-state index contributed by atoms with van der Waals surface area (Å²) in [5.41, 5.74) is 4.00. The summed E-state index contributed by atoms with van der Waals surface area (Å²) in [5, 5.41) is 0. The van der Waals surface area contributed by atoms with E-state index in [0.29, 0.717) is 60.7 Å². The average molecular weight is 793 g/mol. The number of hydrogen-bond donors (Lipinski definition) is 0. The Balaban J connectivity index is 1.90. The van der Waals surface area contributed by atoms with Gasteiger partial charge in [-0.3, -0.25) is 0 Å². The monoisotopic (exact) mass is 791 g/mol. The van der Waals surface area contributed by atoms with E-state index < -0.39 is 14.1 Å². The van der Waals surface area contributed by atoms with E-state index in [4.69, 9.17) is 42.2 Å². The maximum absolute atomic E-state index is 7.49. The molecule has 9 nitrogen and oxygen atoms in total. The van der Waals surface area contributed by atoms with E-state index in [0.717, 1.165) is 23.3 Å². The highest BCUT2D eigenvalue weighted by Crippen LogP contribution is 2.45. The minimum Gasteiger partial charge on any atom is -0.497 e. The van der Waals surface area contributed by atoms with Crippen LogP contribution in [0.1, 0.15) is 84.9 Å². The smallest absolute Gasteiger partial charge is 0.201 e. The second kappa shape index (κ2) is 21.0. The van der Waals surface area contributed by atoms with Crippen molar-refractivity contribution in [3.8, 4) is 5.75 Å². The molecule has 0 spiro atoms. The van der Waals surface area contributed by atoms with Crippen molar-refractivity contribution in [1.82, 2.24) is 4.98 Å². The highest BCUT2D eigenvalue weighted by Gasteiger charge is 2.51. The van der Waals surface area contributed by atoms with Crippen molar-refractivity contribution in [1.29, 1.82) is 0 Å². The van der Waals surface area contributed by atoms with E-state index in [9.17, 15) is 0 Å². The van der Waals surface area contributed by atoms with E-state index in [1.807, 2.05) is 35.3 Å². The minimum absolute atomic E-state index is 0.0412. The highest BCUT2D eigenvalue weighted by molar-refractivity contribution is 9.11. The first-order chi connectivity index (χ1) is 24.3. The Morgan fingerprint density at radius 3 is 2.27 bits per heavy atom. The normalized spacial score (nSPS) is 21.8. The molecule has 286 valence electrons. The van der Waals surface area contributed by atoms with Gasteiger partial charge in [0.25, 0.3) is 0 Å². The van der Waals surface area contributed by atoms with Crippen LogP contribution in [-0.4, -0.2) is 71.9 Å². The zero-order valence-corrected chi connectivity index (χ0v) is 35.2. The van der Waals surface area contributed by atoms with Crippen molar-refractivity contribution >= 4 is 24.2 Å². The summed E-state index contributed by atoms with van der Waals surface area (Å²) in [6, 6.07) is 7.81. The van der Waals surface area contributed by atoms with Crippen LogP contribution in [0.3, 0.4) is 0 Å². The second-order valence-corrected chi connectivity index (χ2v) is 20.3. The zero-order valence-electron chi connectivity index (χ0n) is 32.6. The number of halogens is 1. The molecule has 5 atom stereocenters. The Morgan fingerprint density at radius 1 is 1.02 bits per heavy atom. The number of rotatable bonds is 21. The first-order valence-corrected chi connectivity index (χ1v) is 21.1. The number of nitrogens with zero attached hydrogens (tertiary/aromatic N) is 1. The average Bonchev–Trinajstić information content (AvgIpc) is 3.56. The third-order valence-corrected chi connectivity index (χ3v) is 16.4. The van der Waals surface area contributed by atoms with Crippen molar-refractivity contribution in [2.24, 2.45) is 0 Å². The Morgan fingerprint density at radius 2 is 1.71 bits per heavy atom. The molecule has 0 amide bonds. The molecule has 11 heteroatoms. The topological polar surface area (TPSA) is 90.6 Å². The van der Waals surface area contributed by atoms with Crippen LogP contribution in [0.5, 0.6) is 5.75 Å². The van der Waals surface area contributed by atoms with E-state index in [1.54, 1.807) is 34.7 Å². The first-order valence-electron chi connectivity index (χ1n) is 18.1. The van der Waals surface area contributed by atoms with Gasteiger partial charge in [0.2, 0.25) is 8.32 Å². The molecule has 1 fully saturated rings. The van der Waals surface area contributed by atoms with Gasteiger partial charge in [-0.2, -0.15) is 0 Å². The van der Waals surface area contributed by atoms with Crippen LogP contribution in [0.4, 0.5) is 0 Å². The molecular weight excluding hydrogens is 730 g/mol. The lowest BCUT2D eigenvalue weighted by Gasteiger charge is -2.49. The van der Waals surface area contributed by atoms with Gasteiger partial charge >= 0.3 is 0 Å². The van der Waals surface area contributed by atoms with Gasteiger partial charge < -0.3 is 37.3 Å². The fourth-order valence-electron chi connectivity index (χ4n) is 7.36. The summed E-state index contributed by atoms with van der Waals surface area (Å²) < 4.78 is 49.6. The standard InChI is InChI=1S/C40H62BrNO8Si/c1-28(2)51(29(3)4,30(5)6)50-38(21-31(7)14-17-34(43-8)13-12-20-41)37-22-36(45-10)23-40(46-11,49-37)24-39-42-33(27-48-39)26-47-25-32-15-18-35(44-9)19-16-32/h12,14-21,27-30,34,36-38H,13,22-26H2,1-11H3/b17-14+,20-12+,31-21+/t34-,36-,37-,38-,40+/m1/s1. The molecule has 1 aliphatic heterocycles. The molecule has 1 saturated heterocycles. The lowest BCUT2D eigenvalue weighted by molar-refractivity contribution is -0.297. The summed E-state index contributed by atoms with van der Waals surface area (Å²) in [5.74, 6) is 0.294. The number of hydrogen-bond acceptors (Lipinski definition) is 9. The Hall–Kier alpha value is -2.09.